The second kappa shape index (κ2) is 8.80. The van der Waals surface area contributed by atoms with Crippen LogP contribution in [0.1, 0.15) is 19.3 Å². The molecule has 0 aliphatic heterocycles. The number of aliphatic carboxylic acids is 2. The van der Waals surface area contributed by atoms with E-state index in [0.717, 1.165) is 0 Å². The molecule has 2 unspecified atom stereocenters. The van der Waals surface area contributed by atoms with Gasteiger partial charge in [-0.05, 0) is 26.4 Å². The molecule has 0 aliphatic rings. The molecule has 0 aromatic heterocycles. The fourth-order valence-electron chi connectivity index (χ4n) is 1.95. The molecule has 0 rings (SSSR count). The summed E-state index contributed by atoms with van der Waals surface area (Å²) in [5, 5.41) is 17.9. The minimum Gasteiger partial charge on any atom is -0.481 e. The third-order valence-corrected chi connectivity index (χ3v) is 4.29. The van der Waals surface area contributed by atoms with Crippen molar-refractivity contribution in [3.63, 3.8) is 0 Å². The van der Waals surface area contributed by atoms with Crippen molar-refractivity contribution in [3.8, 4) is 12.3 Å². The van der Waals surface area contributed by atoms with Crippen LogP contribution in [-0.2, 0) is 14.2 Å². The molecule has 0 fully saturated rings. The molecule has 4 N–H and O–H groups in total. The van der Waals surface area contributed by atoms with Crippen molar-refractivity contribution in [2.24, 2.45) is 5.92 Å². The van der Waals surface area contributed by atoms with E-state index in [0.29, 0.717) is 25.9 Å². The van der Waals surface area contributed by atoms with Crippen molar-refractivity contribution in [3.05, 3.63) is 0 Å². The monoisotopic (exact) mass is 321 g/mol. The number of carboxylic acids is 2. The number of carbonyl (C=O) groups is 2. The summed E-state index contributed by atoms with van der Waals surface area (Å²) in [6.07, 6.45) is 5.88. The van der Waals surface area contributed by atoms with Crippen molar-refractivity contribution >= 4 is 19.5 Å². The van der Waals surface area contributed by atoms with Crippen molar-refractivity contribution in [1.29, 1.82) is 0 Å². The van der Waals surface area contributed by atoms with Crippen LogP contribution in [0.5, 0.6) is 0 Å². The number of hydrogen-bond donors (Lipinski definition) is 4. The van der Waals surface area contributed by atoms with E-state index in [-0.39, 0.29) is 6.42 Å². The molecule has 0 aromatic rings. The van der Waals surface area contributed by atoms with Crippen LogP contribution >= 0.6 is 7.60 Å². The molecule has 0 aromatic carbocycles. The van der Waals surface area contributed by atoms with E-state index < -0.39 is 31.1 Å². The zero-order valence-corrected chi connectivity index (χ0v) is 12.6. The Kier molecular flexibility index (Phi) is 8.22. The topological polar surface area (TPSA) is 135 Å². The summed E-state index contributed by atoms with van der Waals surface area (Å²) in [6, 6.07) is 0. The predicted molar refractivity (Wildman–Crippen MR) is 74.8 cm³/mol. The fraction of sp³-hybridized carbons (Fsp3) is 0.667. The minimum atomic E-state index is -5.04. The molecule has 0 heterocycles. The zero-order chi connectivity index (χ0) is 16.6. The molecule has 2 atom stereocenters. The first-order valence-corrected chi connectivity index (χ1v) is 7.92. The van der Waals surface area contributed by atoms with Gasteiger partial charge in [0.05, 0.1) is 12.5 Å². The van der Waals surface area contributed by atoms with Crippen LogP contribution in [-0.4, -0.2) is 62.6 Å². The Balaban J connectivity index is 4.64. The molecule has 9 heteroatoms. The van der Waals surface area contributed by atoms with Crippen LogP contribution in [0.3, 0.4) is 0 Å². The van der Waals surface area contributed by atoms with Gasteiger partial charge in [0.1, 0.15) is 0 Å². The van der Waals surface area contributed by atoms with E-state index in [1.165, 1.54) is 0 Å². The van der Waals surface area contributed by atoms with Gasteiger partial charge in [0, 0.05) is 0 Å². The van der Waals surface area contributed by atoms with Gasteiger partial charge >= 0.3 is 19.5 Å². The smallest absolute Gasteiger partial charge is 0.340 e. The van der Waals surface area contributed by atoms with Gasteiger partial charge in [0.15, 0.2) is 5.66 Å². The molecule has 0 saturated carbocycles. The molecule has 0 spiro atoms. The van der Waals surface area contributed by atoms with Crippen molar-refractivity contribution in [2.75, 3.05) is 20.1 Å². The molecule has 0 saturated heterocycles. The molecular weight excluding hydrogens is 301 g/mol. The Morgan fingerprint density at radius 3 is 2.19 bits per heavy atom. The Labute approximate surface area is 122 Å². The van der Waals surface area contributed by atoms with E-state index in [2.05, 4.69) is 5.92 Å². The summed E-state index contributed by atoms with van der Waals surface area (Å²) in [4.78, 5) is 41.9. The number of nitrogens with zero attached hydrogens (tertiary/aromatic N) is 1. The predicted octanol–water partition coefficient (Wildman–Crippen LogP) is 0.0534. The van der Waals surface area contributed by atoms with E-state index in [1.807, 2.05) is 4.90 Å². The van der Waals surface area contributed by atoms with Gasteiger partial charge in [-0.2, -0.15) is 0 Å². The highest BCUT2D eigenvalue weighted by atomic mass is 31.2. The largest absolute Gasteiger partial charge is 0.481 e. The summed E-state index contributed by atoms with van der Waals surface area (Å²) < 4.78 is 11.2. The second-order valence-electron chi connectivity index (χ2n) is 4.75. The van der Waals surface area contributed by atoms with E-state index in [1.54, 1.807) is 7.05 Å². The lowest BCUT2D eigenvalue weighted by molar-refractivity contribution is -0.148. The summed E-state index contributed by atoms with van der Waals surface area (Å²) in [5.41, 5.74) is -2.22. The Morgan fingerprint density at radius 1 is 1.24 bits per heavy atom. The molecule has 120 valence electrons. The molecule has 0 amide bonds. The van der Waals surface area contributed by atoms with Crippen molar-refractivity contribution in [1.82, 2.24) is 4.90 Å². The van der Waals surface area contributed by atoms with Crippen LogP contribution in [0.15, 0.2) is 0 Å². The quantitative estimate of drug-likeness (QED) is 0.252. The van der Waals surface area contributed by atoms with Gasteiger partial charge in [-0.25, -0.2) is 0 Å². The highest BCUT2D eigenvalue weighted by Gasteiger charge is 2.45. The Bertz CT molecular complexity index is 453. The van der Waals surface area contributed by atoms with Crippen molar-refractivity contribution in [2.45, 2.75) is 24.9 Å². The highest BCUT2D eigenvalue weighted by Crippen LogP contribution is 2.46. The molecule has 8 nitrogen and oxygen atoms in total. The SMILES string of the molecule is C#CCN(C)CCCCC(C(=O)O)C(C(=O)O)P(=O)(O)O. The lowest BCUT2D eigenvalue weighted by atomic mass is 9.98. The summed E-state index contributed by atoms with van der Waals surface area (Å²) in [5.74, 6) is -2.51. The van der Waals surface area contributed by atoms with Gasteiger partial charge < -0.3 is 20.0 Å². The number of terminal acetylenes is 1. The van der Waals surface area contributed by atoms with Crippen molar-refractivity contribution < 1.29 is 34.2 Å². The summed E-state index contributed by atoms with van der Waals surface area (Å²) >= 11 is 0. The van der Waals surface area contributed by atoms with Gasteiger partial charge in [0.25, 0.3) is 0 Å². The van der Waals surface area contributed by atoms with Crippen LogP contribution in [0.2, 0.25) is 0 Å². The first-order valence-electron chi connectivity index (χ1n) is 6.24. The maximum Gasteiger partial charge on any atom is 0.340 e. The number of unbranched alkanes of at least 4 members (excludes halogenated alkanes) is 1. The Morgan fingerprint density at radius 2 is 1.81 bits per heavy atom. The van der Waals surface area contributed by atoms with Gasteiger partial charge in [-0.3, -0.25) is 19.1 Å². The summed E-state index contributed by atoms with van der Waals surface area (Å²) in [6.45, 7) is 1.02. The molecule has 0 aliphatic carbocycles. The zero-order valence-electron chi connectivity index (χ0n) is 11.7. The van der Waals surface area contributed by atoms with E-state index >= 15 is 0 Å². The average Bonchev–Trinajstić information content (AvgIpc) is 2.30. The lowest BCUT2D eigenvalue weighted by Gasteiger charge is -2.21. The van der Waals surface area contributed by atoms with E-state index in [4.69, 9.17) is 26.4 Å². The van der Waals surface area contributed by atoms with Gasteiger partial charge in [-0.1, -0.05) is 12.3 Å². The number of rotatable bonds is 10. The highest BCUT2D eigenvalue weighted by molar-refractivity contribution is 7.53. The van der Waals surface area contributed by atoms with Crippen LogP contribution in [0.25, 0.3) is 0 Å². The number of hydrogen-bond acceptors (Lipinski definition) is 4. The third-order valence-electron chi connectivity index (χ3n) is 2.98. The number of carboxylic acid groups (broad SMARTS) is 2. The molecule has 0 radical (unpaired) electrons. The first-order chi connectivity index (χ1) is 9.61. The standard InChI is InChI=1S/C12H20NO7P/c1-3-7-13(2)8-5-4-6-9(11(14)15)10(12(16)17)21(18,19)20/h1,9-10H,4-8H2,2H3,(H,14,15)(H,16,17)(H2,18,19,20). The molecule has 21 heavy (non-hydrogen) atoms. The molecule has 0 bridgehead atoms. The fourth-order valence-corrected chi connectivity index (χ4v) is 2.98. The van der Waals surface area contributed by atoms with Crippen LogP contribution < -0.4 is 0 Å². The maximum absolute atomic E-state index is 11.2. The maximum atomic E-state index is 11.2. The minimum absolute atomic E-state index is 0.124. The Hall–Kier alpha value is -1.39. The normalized spacial score (nSPS) is 14.4. The van der Waals surface area contributed by atoms with Crippen LogP contribution in [0.4, 0.5) is 0 Å². The van der Waals surface area contributed by atoms with E-state index in [9.17, 15) is 14.2 Å². The second-order valence-corrected chi connectivity index (χ2v) is 6.49. The average molecular weight is 321 g/mol. The van der Waals surface area contributed by atoms with Gasteiger partial charge in [0.2, 0.25) is 0 Å². The third kappa shape index (κ3) is 7.25. The molecular formula is C12H20NO7P. The van der Waals surface area contributed by atoms with Gasteiger partial charge in [-0.15, -0.1) is 6.42 Å². The first kappa shape index (κ1) is 19.6. The van der Waals surface area contributed by atoms with Crippen LogP contribution in [0, 0.1) is 18.3 Å². The lowest BCUT2D eigenvalue weighted by Crippen LogP contribution is -2.35. The summed E-state index contributed by atoms with van der Waals surface area (Å²) in [7, 11) is -3.26.